The third kappa shape index (κ3) is 7.61. The Bertz CT molecular complexity index is 900. The molecule has 1 N–H and O–H groups in total. The largest absolute Gasteiger partial charge is 0.493 e. The van der Waals surface area contributed by atoms with Crippen LogP contribution in [0.5, 0.6) is 5.75 Å². The van der Waals surface area contributed by atoms with Gasteiger partial charge in [0.2, 0.25) is 5.91 Å². The molecule has 1 amide bonds. The van der Waals surface area contributed by atoms with Crippen molar-refractivity contribution in [2.45, 2.75) is 56.9 Å². The molecule has 2 aromatic rings. The lowest BCUT2D eigenvalue weighted by Gasteiger charge is -2.31. The smallest absolute Gasteiger partial charge is 0.220 e. The molecule has 1 saturated heterocycles. The van der Waals surface area contributed by atoms with E-state index in [1.165, 1.54) is 5.56 Å². The lowest BCUT2D eigenvalue weighted by atomic mass is 10.1. The van der Waals surface area contributed by atoms with E-state index in [0.29, 0.717) is 18.6 Å². The Labute approximate surface area is 189 Å². The first kappa shape index (κ1) is 23.2. The maximum Gasteiger partial charge on any atom is 0.220 e. The molecule has 0 radical (unpaired) electrons. The Morgan fingerprint density at radius 3 is 2.61 bits per heavy atom. The van der Waals surface area contributed by atoms with Crippen molar-refractivity contribution >= 4 is 17.9 Å². The summed E-state index contributed by atoms with van der Waals surface area (Å²) in [5.41, 5.74) is 3.02. The second-order valence-corrected chi connectivity index (χ2v) is 9.24. The van der Waals surface area contributed by atoms with Crippen LogP contribution in [0.15, 0.2) is 47.4 Å². The zero-order valence-corrected chi connectivity index (χ0v) is 19.2. The van der Waals surface area contributed by atoms with Crippen LogP contribution >= 0.6 is 11.9 Å². The maximum atomic E-state index is 12.3. The number of benzene rings is 2. The molecule has 1 aliphatic rings. The van der Waals surface area contributed by atoms with Crippen LogP contribution in [0.2, 0.25) is 0 Å². The summed E-state index contributed by atoms with van der Waals surface area (Å²) in [6, 6.07) is 16.3. The minimum absolute atomic E-state index is 0.143. The van der Waals surface area contributed by atoms with Gasteiger partial charge in [-0.05, 0) is 92.9 Å². The summed E-state index contributed by atoms with van der Waals surface area (Å²) in [6.45, 7) is 6.64. The summed E-state index contributed by atoms with van der Waals surface area (Å²) in [5, 5.41) is 12.1. The van der Waals surface area contributed by atoms with Gasteiger partial charge < -0.3 is 10.1 Å². The molecule has 3 rings (SSSR count). The molecule has 5 nitrogen and oxygen atoms in total. The summed E-state index contributed by atoms with van der Waals surface area (Å²) < 4.78 is 8.20. The summed E-state index contributed by atoms with van der Waals surface area (Å²) in [4.78, 5) is 13.4. The van der Waals surface area contributed by atoms with Crippen molar-refractivity contribution in [3.63, 3.8) is 0 Å². The topological polar surface area (TPSA) is 65.4 Å². The molecular weight excluding hydrogens is 406 g/mol. The molecule has 0 aromatic heterocycles. The van der Waals surface area contributed by atoms with Gasteiger partial charge in [-0.1, -0.05) is 12.1 Å². The van der Waals surface area contributed by atoms with Crippen LogP contribution in [-0.4, -0.2) is 36.0 Å². The molecule has 0 aliphatic carbocycles. The number of ether oxygens (including phenoxy) is 1. The normalized spacial score (nSPS) is 14.7. The van der Waals surface area contributed by atoms with Gasteiger partial charge in [0, 0.05) is 30.4 Å². The quantitative estimate of drug-likeness (QED) is 0.441. The lowest BCUT2D eigenvalue weighted by Crippen LogP contribution is -2.42. The van der Waals surface area contributed by atoms with E-state index in [1.807, 2.05) is 24.3 Å². The van der Waals surface area contributed by atoms with Crippen molar-refractivity contribution in [2.75, 3.05) is 19.7 Å². The standard InChI is InChI=1S/C25H31N3O2S/c1-19-6-7-20(2)24(17-19)30-16-4-3-5-25(29)27-22-12-14-28(15-13-22)31-23-10-8-21(18-26)9-11-23/h6-11,17,22H,3-5,12-16H2,1-2H3,(H,27,29). The highest BCUT2D eigenvalue weighted by atomic mass is 32.2. The number of nitrogens with one attached hydrogen (secondary N) is 1. The van der Waals surface area contributed by atoms with Gasteiger partial charge in [0.05, 0.1) is 18.2 Å². The Morgan fingerprint density at radius 2 is 1.90 bits per heavy atom. The van der Waals surface area contributed by atoms with Crippen molar-refractivity contribution in [2.24, 2.45) is 0 Å². The number of hydrogen-bond donors (Lipinski definition) is 1. The molecule has 0 saturated carbocycles. The zero-order valence-electron chi connectivity index (χ0n) is 18.4. The number of nitriles is 1. The summed E-state index contributed by atoms with van der Waals surface area (Å²) in [7, 11) is 0. The highest BCUT2D eigenvalue weighted by Crippen LogP contribution is 2.26. The summed E-state index contributed by atoms with van der Waals surface area (Å²) in [6.07, 6.45) is 4.19. The number of amides is 1. The third-order valence-electron chi connectivity index (χ3n) is 5.44. The third-order valence-corrected chi connectivity index (χ3v) is 6.54. The molecule has 0 spiro atoms. The average Bonchev–Trinajstić information content (AvgIpc) is 2.77. The van der Waals surface area contributed by atoms with Crippen molar-refractivity contribution < 1.29 is 9.53 Å². The predicted molar refractivity (Wildman–Crippen MR) is 125 cm³/mol. The zero-order chi connectivity index (χ0) is 22.1. The van der Waals surface area contributed by atoms with Gasteiger partial charge in [0.1, 0.15) is 5.75 Å². The molecule has 0 bridgehead atoms. The molecule has 164 valence electrons. The molecule has 2 aromatic carbocycles. The van der Waals surface area contributed by atoms with E-state index in [0.717, 1.165) is 55.0 Å². The van der Waals surface area contributed by atoms with Crippen molar-refractivity contribution in [1.29, 1.82) is 5.26 Å². The number of nitrogens with zero attached hydrogens (tertiary/aromatic N) is 2. The monoisotopic (exact) mass is 437 g/mol. The lowest BCUT2D eigenvalue weighted by molar-refractivity contribution is -0.122. The Hall–Kier alpha value is -2.49. The Morgan fingerprint density at radius 1 is 1.16 bits per heavy atom. The van der Waals surface area contributed by atoms with Gasteiger partial charge in [0.15, 0.2) is 0 Å². The van der Waals surface area contributed by atoms with E-state index < -0.39 is 0 Å². The van der Waals surface area contributed by atoms with Gasteiger partial charge in [-0.25, -0.2) is 4.31 Å². The second kappa shape index (κ2) is 11.8. The molecular formula is C25H31N3O2S. The molecule has 6 heteroatoms. The second-order valence-electron chi connectivity index (χ2n) is 8.07. The first-order valence-electron chi connectivity index (χ1n) is 11.0. The van der Waals surface area contributed by atoms with Crippen LogP contribution in [0.4, 0.5) is 0 Å². The van der Waals surface area contributed by atoms with Crippen LogP contribution < -0.4 is 10.1 Å². The molecule has 0 unspecified atom stereocenters. The highest BCUT2D eigenvalue weighted by Gasteiger charge is 2.21. The fraction of sp³-hybridized carbons (Fsp3) is 0.440. The summed E-state index contributed by atoms with van der Waals surface area (Å²) in [5.74, 6) is 1.08. The number of piperidine rings is 1. The fourth-order valence-corrected chi connectivity index (χ4v) is 4.51. The van der Waals surface area contributed by atoms with Crippen LogP contribution in [0.3, 0.4) is 0 Å². The van der Waals surface area contributed by atoms with Crippen molar-refractivity contribution in [1.82, 2.24) is 9.62 Å². The molecule has 1 fully saturated rings. The number of unbranched alkanes of at least 4 members (excludes halogenated alkanes) is 1. The molecule has 1 aliphatic heterocycles. The Balaban J connectivity index is 1.28. The number of rotatable bonds is 9. The van der Waals surface area contributed by atoms with Crippen molar-refractivity contribution in [3.05, 3.63) is 59.2 Å². The van der Waals surface area contributed by atoms with Crippen LogP contribution in [0.25, 0.3) is 0 Å². The van der Waals surface area contributed by atoms with Gasteiger partial charge in [0.25, 0.3) is 0 Å². The van der Waals surface area contributed by atoms with Crippen LogP contribution in [0.1, 0.15) is 48.8 Å². The SMILES string of the molecule is Cc1ccc(C)c(OCCCCC(=O)NC2CCN(Sc3ccc(C#N)cc3)CC2)c1. The van der Waals surface area contributed by atoms with Gasteiger partial charge in [-0.3, -0.25) is 4.79 Å². The summed E-state index contributed by atoms with van der Waals surface area (Å²) >= 11 is 1.72. The number of carbonyl (C=O) groups is 1. The van der Waals surface area contributed by atoms with Crippen LogP contribution in [0, 0.1) is 25.2 Å². The van der Waals surface area contributed by atoms with E-state index in [4.69, 9.17) is 10.00 Å². The molecule has 31 heavy (non-hydrogen) atoms. The highest BCUT2D eigenvalue weighted by molar-refractivity contribution is 7.97. The van der Waals surface area contributed by atoms with E-state index in [-0.39, 0.29) is 11.9 Å². The minimum atomic E-state index is 0.143. The Kier molecular flexibility index (Phi) is 8.81. The van der Waals surface area contributed by atoms with Gasteiger partial charge >= 0.3 is 0 Å². The molecule has 0 atom stereocenters. The predicted octanol–water partition coefficient (Wildman–Crippen LogP) is 5.01. The molecule has 1 heterocycles. The number of aryl methyl sites for hydroxylation is 2. The average molecular weight is 438 g/mol. The minimum Gasteiger partial charge on any atom is -0.493 e. The van der Waals surface area contributed by atoms with E-state index in [1.54, 1.807) is 11.9 Å². The fourth-order valence-electron chi connectivity index (χ4n) is 3.56. The number of hydrogen-bond acceptors (Lipinski definition) is 5. The van der Waals surface area contributed by atoms with Gasteiger partial charge in [-0.2, -0.15) is 5.26 Å². The van der Waals surface area contributed by atoms with Crippen LogP contribution in [-0.2, 0) is 4.79 Å². The number of carbonyl (C=O) groups excluding carboxylic acids is 1. The maximum absolute atomic E-state index is 12.3. The van der Waals surface area contributed by atoms with Gasteiger partial charge in [-0.15, -0.1) is 0 Å². The van der Waals surface area contributed by atoms with E-state index >= 15 is 0 Å². The van der Waals surface area contributed by atoms with E-state index in [2.05, 4.69) is 47.7 Å². The first-order valence-corrected chi connectivity index (χ1v) is 11.7. The first-order chi connectivity index (χ1) is 15.0. The van der Waals surface area contributed by atoms with Crippen molar-refractivity contribution in [3.8, 4) is 11.8 Å². The van der Waals surface area contributed by atoms with E-state index in [9.17, 15) is 4.79 Å².